The van der Waals surface area contributed by atoms with Crippen LogP contribution in [0.3, 0.4) is 0 Å². The Bertz CT molecular complexity index is 985. The van der Waals surface area contributed by atoms with E-state index in [4.69, 9.17) is 4.98 Å². The predicted octanol–water partition coefficient (Wildman–Crippen LogP) is 4.78. The van der Waals surface area contributed by atoms with Crippen LogP contribution < -0.4 is 0 Å². The predicted molar refractivity (Wildman–Crippen MR) is 89.3 cm³/mol. The van der Waals surface area contributed by atoms with Gasteiger partial charge in [0.25, 0.3) is 0 Å². The first-order valence-electron chi connectivity index (χ1n) is 7.09. The molecule has 21 heavy (non-hydrogen) atoms. The van der Waals surface area contributed by atoms with Gasteiger partial charge >= 0.3 is 0 Å². The smallest absolute Gasteiger partial charge is 0.194 e. The van der Waals surface area contributed by atoms with Crippen molar-refractivity contribution in [1.82, 2.24) is 14.4 Å². The number of thiazole rings is 1. The highest BCUT2D eigenvalue weighted by atomic mass is 32.1. The van der Waals surface area contributed by atoms with E-state index in [1.54, 1.807) is 11.3 Å². The first-order chi connectivity index (χ1) is 10.0. The van der Waals surface area contributed by atoms with Gasteiger partial charge in [-0.3, -0.25) is 4.40 Å². The Morgan fingerprint density at radius 3 is 2.71 bits per heavy atom. The van der Waals surface area contributed by atoms with Crippen LogP contribution in [0, 0.1) is 27.7 Å². The fourth-order valence-corrected chi connectivity index (χ4v) is 3.90. The van der Waals surface area contributed by atoms with E-state index in [1.807, 2.05) is 0 Å². The molecule has 0 saturated heterocycles. The Hall–Kier alpha value is -2.07. The van der Waals surface area contributed by atoms with Crippen molar-refractivity contribution in [3.05, 3.63) is 46.2 Å². The van der Waals surface area contributed by atoms with Gasteiger partial charge in [0.2, 0.25) is 0 Å². The van der Waals surface area contributed by atoms with Crippen LogP contribution >= 0.6 is 11.3 Å². The second-order valence-electron chi connectivity index (χ2n) is 5.70. The molecule has 4 rings (SSSR count). The number of aryl methyl sites for hydroxylation is 4. The van der Waals surface area contributed by atoms with E-state index < -0.39 is 0 Å². The van der Waals surface area contributed by atoms with Gasteiger partial charge in [-0.25, -0.2) is 4.98 Å². The van der Waals surface area contributed by atoms with Crippen molar-refractivity contribution >= 4 is 27.2 Å². The molecule has 0 spiro atoms. The van der Waals surface area contributed by atoms with E-state index in [0.29, 0.717) is 0 Å². The van der Waals surface area contributed by atoms with Crippen LogP contribution in [0.15, 0.2) is 24.4 Å². The molecule has 3 heterocycles. The summed E-state index contributed by atoms with van der Waals surface area (Å²) in [5.41, 5.74) is 7.19. The van der Waals surface area contributed by atoms with E-state index in [9.17, 15) is 0 Å². The molecular formula is C17H17N3S. The van der Waals surface area contributed by atoms with Gasteiger partial charge in [0, 0.05) is 38.9 Å². The van der Waals surface area contributed by atoms with E-state index in [-0.39, 0.29) is 0 Å². The summed E-state index contributed by atoms with van der Waals surface area (Å²) < 4.78 is 2.20. The number of nitrogens with zero attached hydrogens (tertiary/aromatic N) is 2. The third kappa shape index (κ3) is 1.75. The first kappa shape index (κ1) is 12.7. The molecule has 1 aromatic carbocycles. The van der Waals surface area contributed by atoms with Gasteiger partial charge in [-0.05, 0) is 39.3 Å². The lowest BCUT2D eigenvalue weighted by molar-refractivity contribution is 1.11. The van der Waals surface area contributed by atoms with Crippen molar-refractivity contribution in [2.75, 3.05) is 0 Å². The summed E-state index contributed by atoms with van der Waals surface area (Å²) >= 11 is 1.75. The normalized spacial score (nSPS) is 11.8. The zero-order chi connectivity index (χ0) is 14.7. The lowest BCUT2D eigenvalue weighted by atomic mass is 10.1. The highest BCUT2D eigenvalue weighted by molar-refractivity contribution is 7.17. The molecule has 3 aromatic heterocycles. The maximum atomic E-state index is 4.83. The van der Waals surface area contributed by atoms with Gasteiger partial charge in [0.05, 0.1) is 5.69 Å². The molecule has 1 N–H and O–H groups in total. The summed E-state index contributed by atoms with van der Waals surface area (Å²) in [4.78, 5) is 10.7. The molecule has 3 nitrogen and oxygen atoms in total. The maximum absolute atomic E-state index is 4.83. The number of benzene rings is 1. The SMILES string of the molecule is Cc1ccc2c(-c3cn4c(C)c(C)sc4n3)c(C)[nH]c2c1. The van der Waals surface area contributed by atoms with Crippen LogP contribution in [0.1, 0.15) is 21.8 Å². The molecule has 4 aromatic rings. The molecule has 4 heteroatoms. The molecule has 0 aliphatic heterocycles. The Balaban J connectivity index is 2.01. The van der Waals surface area contributed by atoms with Crippen molar-refractivity contribution in [3.63, 3.8) is 0 Å². The zero-order valence-corrected chi connectivity index (χ0v) is 13.4. The summed E-state index contributed by atoms with van der Waals surface area (Å²) in [6.07, 6.45) is 2.16. The monoisotopic (exact) mass is 295 g/mol. The summed E-state index contributed by atoms with van der Waals surface area (Å²) in [5, 5.41) is 1.25. The summed E-state index contributed by atoms with van der Waals surface area (Å²) in [5.74, 6) is 0. The van der Waals surface area contributed by atoms with Crippen molar-refractivity contribution < 1.29 is 0 Å². The van der Waals surface area contributed by atoms with Crippen LogP contribution in [0.25, 0.3) is 27.1 Å². The third-order valence-electron chi connectivity index (χ3n) is 4.19. The van der Waals surface area contributed by atoms with Gasteiger partial charge in [-0.15, -0.1) is 11.3 Å². The van der Waals surface area contributed by atoms with Gasteiger partial charge in [0.15, 0.2) is 4.96 Å². The van der Waals surface area contributed by atoms with Crippen molar-refractivity contribution in [3.8, 4) is 11.3 Å². The molecule has 106 valence electrons. The minimum atomic E-state index is 1.05. The number of nitrogens with one attached hydrogen (secondary N) is 1. The van der Waals surface area contributed by atoms with Gasteiger partial charge < -0.3 is 4.98 Å². The van der Waals surface area contributed by atoms with Gasteiger partial charge in [-0.2, -0.15) is 0 Å². The first-order valence-corrected chi connectivity index (χ1v) is 7.90. The lowest BCUT2D eigenvalue weighted by Gasteiger charge is -1.97. The van der Waals surface area contributed by atoms with Crippen molar-refractivity contribution in [2.24, 2.45) is 0 Å². The Kier molecular flexibility index (Phi) is 2.54. The molecule has 0 fully saturated rings. The topological polar surface area (TPSA) is 33.1 Å². The molecule has 0 aliphatic rings. The molecule has 0 radical (unpaired) electrons. The van der Waals surface area contributed by atoms with E-state index in [1.165, 1.54) is 38.3 Å². The van der Waals surface area contributed by atoms with Crippen LogP contribution in [-0.2, 0) is 0 Å². The number of imidazole rings is 1. The quantitative estimate of drug-likeness (QED) is 0.538. The Morgan fingerprint density at radius 1 is 1.14 bits per heavy atom. The molecular weight excluding hydrogens is 278 g/mol. The molecule has 0 unspecified atom stereocenters. The maximum Gasteiger partial charge on any atom is 0.194 e. The molecule has 0 amide bonds. The highest BCUT2D eigenvalue weighted by Gasteiger charge is 2.16. The Labute approximate surface area is 127 Å². The molecule has 0 atom stereocenters. The number of aromatic amines is 1. The molecule has 0 aliphatic carbocycles. The Morgan fingerprint density at radius 2 is 1.95 bits per heavy atom. The third-order valence-corrected chi connectivity index (χ3v) is 5.26. The average molecular weight is 295 g/mol. The van der Waals surface area contributed by atoms with Crippen molar-refractivity contribution in [1.29, 1.82) is 0 Å². The van der Waals surface area contributed by atoms with Gasteiger partial charge in [-0.1, -0.05) is 12.1 Å². The van der Waals surface area contributed by atoms with Crippen molar-refractivity contribution in [2.45, 2.75) is 27.7 Å². The standard InChI is InChI=1S/C17H17N3S/c1-9-5-6-13-14(7-9)18-10(2)16(13)15-8-20-11(3)12(4)21-17(20)19-15/h5-8,18H,1-4H3. The number of rotatable bonds is 1. The van der Waals surface area contributed by atoms with Crippen LogP contribution in [0.2, 0.25) is 0 Å². The second kappa shape index (κ2) is 4.21. The minimum Gasteiger partial charge on any atom is -0.358 e. The fourth-order valence-electron chi connectivity index (χ4n) is 2.95. The lowest BCUT2D eigenvalue weighted by Crippen LogP contribution is -1.82. The summed E-state index contributed by atoms with van der Waals surface area (Å²) in [6.45, 7) is 8.54. The average Bonchev–Trinajstić information content (AvgIpc) is 3.03. The largest absolute Gasteiger partial charge is 0.358 e. The van der Waals surface area contributed by atoms with Crippen LogP contribution in [0.5, 0.6) is 0 Å². The van der Waals surface area contributed by atoms with Gasteiger partial charge in [0.1, 0.15) is 0 Å². The number of hydrogen-bond acceptors (Lipinski definition) is 2. The molecule has 0 bridgehead atoms. The minimum absolute atomic E-state index is 1.05. The zero-order valence-electron chi connectivity index (χ0n) is 12.6. The number of H-pyrrole nitrogens is 1. The summed E-state index contributed by atoms with van der Waals surface area (Å²) in [6, 6.07) is 6.54. The van der Waals surface area contributed by atoms with Crippen LogP contribution in [-0.4, -0.2) is 14.4 Å². The molecule has 0 saturated carbocycles. The fraction of sp³-hybridized carbons (Fsp3) is 0.235. The summed E-state index contributed by atoms with van der Waals surface area (Å²) in [7, 11) is 0. The number of aromatic nitrogens is 3. The highest BCUT2D eigenvalue weighted by Crippen LogP contribution is 2.33. The van der Waals surface area contributed by atoms with E-state index >= 15 is 0 Å². The van der Waals surface area contributed by atoms with Crippen LogP contribution in [0.4, 0.5) is 0 Å². The second-order valence-corrected chi connectivity index (χ2v) is 6.88. The van der Waals surface area contributed by atoms with E-state index in [2.05, 4.69) is 61.5 Å². The van der Waals surface area contributed by atoms with E-state index in [0.717, 1.165) is 10.7 Å². The number of fused-ring (bicyclic) bond motifs is 2. The number of hydrogen-bond donors (Lipinski definition) is 1.